The molecule has 0 unspecified atom stereocenters. The summed E-state index contributed by atoms with van der Waals surface area (Å²) in [4.78, 5) is 17.4. The third kappa shape index (κ3) is 3.50. The third-order valence-corrected chi connectivity index (χ3v) is 4.16. The van der Waals surface area contributed by atoms with Gasteiger partial charge in [0.05, 0.1) is 18.4 Å². The highest BCUT2D eigenvalue weighted by molar-refractivity contribution is 5.77. The molecule has 4 rings (SSSR count). The van der Waals surface area contributed by atoms with Gasteiger partial charge in [-0.05, 0) is 43.3 Å². The van der Waals surface area contributed by atoms with Crippen LogP contribution in [0.3, 0.4) is 0 Å². The molecule has 8 nitrogen and oxygen atoms in total. The number of fused-ring (bicyclic) bond motifs is 1. The second-order valence-electron chi connectivity index (χ2n) is 6.09. The summed E-state index contributed by atoms with van der Waals surface area (Å²) in [5.41, 5.74) is 14.8. The molecule has 0 fully saturated rings. The molecule has 8 heteroatoms. The highest BCUT2D eigenvalue weighted by Crippen LogP contribution is 2.24. The van der Waals surface area contributed by atoms with E-state index < -0.39 is 0 Å². The average molecular weight is 361 g/mol. The van der Waals surface area contributed by atoms with Crippen molar-refractivity contribution in [2.45, 2.75) is 13.5 Å². The smallest absolute Gasteiger partial charge is 0.160 e. The van der Waals surface area contributed by atoms with Crippen LogP contribution in [-0.4, -0.2) is 31.1 Å². The van der Waals surface area contributed by atoms with Gasteiger partial charge in [-0.3, -0.25) is 4.98 Å². The number of hydrogen-bond donors (Lipinski definition) is 2. The molecule has 0 aliphatic heterocycles. The van der Waals surface area contributed by atoms with Crippen molar-refractivity contribution in [3.05, 3.63) is 54.6 Å². The molecule has 0 aromatic carbocycles. The van der Waals surface area contributed by atoms with E-state index in [1.807, 2.05) is 35.8 Å². The van der Waals surface area contributed by atoms with E-state index in [1.54, 1.807) is 24.5 Å². The number of anilines is 2. The molecule has 0 aliphatic carbocycles. The molecule has 4 heterocycles. The monoisotopic (exact) mass is 361 g/mol. The van der Waals surface area contributed by atoms with E-state index in [-0.39, 0.29) is 0 Å². The fourth-order valence-corrected chi connectivity index (χ4v) is 2.95. The number of nitrogen functional groups attached to an aromatic ring is 2. The van der Waals surface area contributed by atoms with Crippen LogP contribution in [0, 0.1) is 6.92 Å². The van der Waals surface area contributed by atoms with Crippen LogP contribution in [0.5, 0.6) is 5.75 Å². The Bertz CT molecular complexity index is 1070. The average Bonchev–Trinajstić information content (AvgIpc) is 2.96. The minimum Gasteiger partial charge on any atom is -0.490 e. The lowest BCUT2D eigenvalue weighted by Gasteiger charge is -2.09. The van der Waals surface area contributed by atoms with Gasteiger partial charge < -0.3 is 20.8 Å². The summed E-state index contributed by atoms with van der Waals surface area (Å²) in [6, 6.07) is 11.1. The van der Waals surface area contributed by atoms with Gasteiger partial charge in [0.2, 0.25) is 0 Å². The SMILES string of the molecule is Cc1nc2ccc(-c3cc(N)nc(N)c3)nc2n1CCOc1cccnc1. The fourth-order valence-electron chi connectivity index (χ4n) is 2.95. The van der Waals surface area contributed by atoms with Crippen molar-refractivity contribution >= 4 is 22.8 Å². The molecule has 0 radical (unpaired) electrons. The van der Waals surface area contributed by atoms with E-state index in [9.17, 15) is 0 Å². The fraction of sp³-hybridized carbons (Fsp3) is 0.158. The summed E-state index contributed by atoms with van der Waals surface area (Å²) >= 11 is 0. The molecular formula is C19H19N7O. The Balaban J connectivity index is 1.63. The Kier molecular flexibility index (Phi) is 4.29. The summed E-state index contributed by atoms with van der Waals surface area (Å²) in [5.74, 6) is 2.33. The highest BCUT2D eigenvalue weighted by Gasteiger charge is 2.11. The van der Waals surface area contributed by atoms with E-state index in [0.29, 0.717) is 24.8 Å². The molecule has 0 bridgehead atoms. The van der Waals surface area contributed by atoms with Crippen molar-refractivity contribution in [2.24, 2.45) is 0 Å². The van der Waals surface area contributed by atoms with Crippen molar-refractivity contribution in [3.8, 4) is 17.0 Å². The van der Waals surface area contributed by atoms with Crippen molar-refractivity contribution < 1.29 is 4.74 Å². The van der Waals surface area contributed by atoms with Gasteiger partial charge in [-0.1, -0.05) is 0 Å². The van der Waals surface area contributed by atoms with Gasteiger partial charge in [0.15, 0.2) is 5.65 Å². The maximum atomic E-state index is 5.81. The van der Waals surface area contributed by atoms with Crippen LogP contribution in [0.2, 0.25) is 0 Å². The molecule has 0 amide bonds. The second kappa shape index (κ2) is 6.91. The Morgan fingerprint density at radius 1 is 1.04 bits per heavy atom. The van der Waals surface area contributed by atoms with Gasteiger partial charge in [-0.25, -0.2) is 15.0 Å². The van der Waals surface area contributed by atoms with Gasteiger partial charge in [0.25, 0.3) is 0 Å². The summed E-state index contributed by atoms with van der Waals surface area (Å²) in [6.07, 6.45) is 3.40. The van der Waals surface area contributed by atoms with Crippen LogP contribution in [-0.2, 0) is 6.54 Å². The molecule has 0 aliphatic rings. The minimum absolute atomic E-state index is 0.362. The van der Waals surface area contributed by atoms with Crippen molar-refractivity contribution in [1.82, 2.24) is 24.5 Å². The summed E-state index contributed by atoms with van der Waals surface area (Å²) in [5, 5.41) is 0. The molecule has 0 saturated heterocycles. The number of pyridine rings is 3. The number of rotatable bonds is 5. The van der Waals surface area contributed by atoms with Gasteiger partial charge in [0, 0.05) is 11.8 Å². The predicted molar refractivity (Wildman–Crippen MR) is 104 cm³/mol. The van der Waals surface area contributed by atoms with Crippen molar-refractivity contribution in [1.29, 1.82) is 0 Å². The van der Waals surface area contributed by atoms with Gasteiger partial charge >= 0.3 is 0 Å². The zero-order valence-electron chi connectivity index (χ0n) is 14.8. The Morgan fingerprint density at radius 3 is 2.59 bits per heavy atom. The number of imidazole rings is 1. The van der Waals surface area contributed by atoms with Gasteiger partial charge in [-0.15, -0.1) is 0 Å². The number of aryl methyl sites for hydroxylation is 1. The number of aromatic nitrogens is 5. The zero-order chi connectivity index (χ0) is 18.8. The van der Waals surface area contributed by atoms with E-state index in [4.69, 9.17) is 21.2 Å². The summed E-state index contributed by atoms with van der Waals surface area (Å²) in [6.45, 7) is 3.06. The van der Waals surface area contributed by atoms with Crippen LogP contribution in [0.25, 0.3) is 22.4 Å². The van der Waals surface area contributed by atoms with Crippen molar-refractivity contribution in [3.63, 3.8) is 0 Å². The lowest BCUT2D eigenvalue weighted by atomic mass is 10.1. The molecule has 0 atom stereocenters. The van der Waals surface area contributed by atoms with Gasteiger partial charge in [0.1, 0.15) is 35.3 Å². The maximum Gasteiger partial charge on any atom is 0.160 e. The van der Waals surface area contributed by atoms with Crippen LogP contribution < -0.4 is 16.2 Å². The first kappa shape index (κ1) is 16.8. The zero-order valence-corrected chi connectivity index (χ0v) is 14.8. The largest absolute Gasteiger partial charge is 0.490 e. The summed E-state index contributed by atoms with van der Waals surface area (Å²) in [7, 11) is 0. The minimum atomic E-state index is 0.362. The molecular weight excluding hydrogens is 342 g/mol. The number of nitrogens with two attached hydrogens (primary N) is 2. The van der Waals surface area contributed by atoms with E-state index in [1.165, 1.54) is 0 Å². The molecule has 0 saturated carbocycles. The van der Waals surface area contributed by atoms with E-state index >= 15 is 0 Å². The molecule has 136 valence electrons. The van der Waals surface area contributed by atoms with E-state index in [0.717, 1.165) is 34.0 Å². The molecule has 27 heavy (non-hydrogen) atoms. The lowest BCUT2D eigenvalue weighted by Crippen LogP contribution is -2.10. The molecule has 4 aromatic rings. The summed E-state index contributed by atoms with van der Waals surface area (Å²) < 4.78 is 7.78. The number of nitrogens with zero attached hydrogens (tertiary/aromatic N) is 5. The van der Waals surface area contributed by atoms with Crippen LogP contribution in [0.1, 0.15) is 5.82 Å². The van der Waals surface area contributed by atoms with Crippen LogP contribution >= 0.6 is 0 Å². The van der Waals surface area contributed by atoms with E-state index in [2.05, 4.69) is 15.0 Å². The Labute approximate surface area is 155 Å². The standard InChI is InChI=1S/C19H19N7O/c1-12-23-16-5-4-15(13-9-17(20)25-18(21)10-13)24-19(16)26(12)7-8-27-14-3-2-6-22-11-14/h2-6,9-11H,7-8H2,1H3,(H4,20,21,25). The Hall–Kier alpha value is -3.68. The normalized spacial score (nSPS) is 11.0. The predicted octanol–water partition coefficient (Wildman–Crippen LogP) is 2.44. The quantitative estimate of drug-likeness (QED) is 0.560. The van der Waals surface area contributed by atoms with Crippen LogP contribution in [0.15, 0.2) is 48.8 Å². The van der Waals surface area contributed by atoms with Gasteiger partial charge in [-0.2, -0.15) is 0 Å². The topological polar surface area (TPSA) is 118 Å². The van der Waals surface area contributed by atoms with Crippen LogP contribution in [0.4, 0.5) is 11.6 Å². The first-order valence-corrected chi connectivity index (χ1v) is 8.50. The number of hydrogen-bond acceptors (Lipinski definition) is 7. The van der Waals surface area contributed by atoms with Crippen molar-refractivity contribution in [2.75, 3.05) is 18.1 Å². The Morgan fingerprint density at radius 2 is 1.85 bits per heavy atom. The highest BCUT2D eigenvalue weighted by atomic mass is 16.5. The number of ether oxygens (including phenoxy) is 1. The third-order valence-electron chi connectivity index (χ3n) is 4.16. The second-order valence-corrected chi connectivity index (χ2v) is 6.09. The molecule has 0 spiro atoms. The molecule has 4 aromatic heterocycles. The molecule has 4 N–H and O–H groups in total. The first-order valence-electron chi connectivity index (χ1n) is 8.50. The first-order chi connectivity index (χ1) is 13.1. The lowest BCUT2D eigenvalue weighted by molar-refractivity contribution is 0.297. The maximum absolute atomic E-state index is 5.81.